The van der Waals surface area contributed by atoms with E-state index in [-0.39, 0.29) is 17.7 Å². The third kappa shape index (κ3) is 4.09. The molecule has 1 heterocycles. The van der Waals surface area contributed by atoms with Gasteiger partial charge in [0.2, 0.25) is 11.8 Å². The van der Waals surface area contributed by atoms with Gasteiger partial charge < -0.3 is 10.2 Å². The van der Waals surface area contributed by atoms with Crippen molar-refractivity contribution < 1.29 is 9.59 Å². The molecule has 0 aromatic rings. The molecular weight excluding hydrogens is 252 g/mol. The molecule has 0 spiro atoms. The molecule has 20 heavy (non-hydrogen) atoms. The fourth-order valence-corrected chi connectivity index (χ4v) is 2.73. The van der Waals surface area contributed by atoms with Gasteiger partial charge in [-0.25, -0.2) is 0 Å². The van der Waals surface area contributed by atoms with Gasteiger partial charge in [0.1, 0.15) is 0 Å². The molecule has 112 valence electrons. The minimum Gasteiger partial charge on any atom is -0.356 e. The van der Waals surface area contributed by atoms with E-state index in [9.17, 15) is 9.59 Å². The van der Waals surface area contributed by atoms with Crippen molar-refractivity contribution in [3.05, 3.63) is 11.6 Å². The Hall–Kier alpha value is -1.32. The van der Waals surface area contributed by atoms with Crippen molar-refractivity contribution in [2.24, 2.45) is 11.8 Å². The lowest BCUT2D eigenvalue weighted by molar-refractivity contribution is -0.132. The van der Waals surface area contributed by atoms with E-state index in [1.165, 1.54) is 12.8 Å². The predicted molar refractivity (Wildman–Crippen MR) is 79.1 cm³/mol. The summed E-state index contributed by atoms with van der Waals surface area (Å²) in [5.74, 6) is 0.897. The lowest BCUT2D eigenvalue weighted by atomic mass is 9.96. The summed E-state index contributed by atoms with van der Waals surface area (Å²) in [4.78, 5) is 26.2. The number of carbonyl (C=O) groups excluding carboxylic acids is 2. The number of nitrogens with zero attached hydrogens (tertiary/aromatic N) is 1. The van der Waals surface area contributed by atoms with Gasteiger partial charge in [0.25, 0.3) is 0 Å². The van der Waals surface area contributed by atoms with Crippen molar-refractivity contribution >= 4 is 11.8 Å². The van der Waals surface area contributed by atoms with Gasteiger partial charge in [-0.05, 0) is 44.9 Å². The molecule has 4 nitrogen and oxygen atoms in total. The second-order valence-electron chi connectivity index (χ2n) is 6.07. The summed E-state index contributed by atoms with van der Waals surface area (Å²) in [6.45, 7) is 6.06. The number of allylic oxidation sites excluding steroid dienone is 1. The largest absolute Gasteiger partial charge is 0.356 e. The van der Waals surface area contributed by atoms with Gasteiger partial charge in [-0.2, -0.15) is 0 Å². The summed E-state index contributed by atoms with van der Waals surface area (Å²) in [6.07, 6.45) is 7.15. The van der Waals surface area contributed by atoms with Gasteiger partial charge in [-0.15, -0.1) is 0 Å². The van der Waals surface area contributed by atoms with Gasteiger partial charge in [-0.3, -0.25) is 9.59 Å². The first-order valence-corrected chi connectivity index (χ1v) is 7.85. The van der Waals surface area contributed by atoms with E-state index in [1.807, 2.05) is 24.8 Å². The molecule has 0 unspecified atom stereocenters. The zero-order chi connectivity index (χ0) is 14.5. The summed E-state index contributed by atoms with van der Waals surface area (Å²) in [6, 6.07) is 0. The molecule has 4 heteroatoms. The van der Waals surface area contributed by atoms with Gasteiger partial charge in [0.15, 0.2) is 0 Å². The molecule has 2 fully saturated rings. The molecule has 0 aromatic carbocycles. The fraction of sp³-hybridized carbons (Fsp3) is 0.750. The average Bonchev–Trinajstić information content (AvgIpc) is 3.28. The Morgan fingerprint density at radius 2 is 2.05 bits per heavy atom. The zero-order valence-corrected chi connectivity index (χ0v) is 12.7. The Bertz CT molecular complexity index is 399. The van der Waals surface area contributed by atoms with E-state index in [1.54, 1.807) is 0 Å². The molecule has 1 aliphatic carbocycles. The summed E-state index contributed by atoms with van der Waals surface area (Å²) >= 11 is 0. The van der Waals surface area contributed by atoms with E-state index >= 15 is 0 Å². The quantitative estimate of drug-likeness (QED) is 0.783. The molecule has 1 saturated heterocycles. The number of carbonyl (C=O) groups is 2. The number of likely N-dealkylation sites (tertiary alicyclic amines) is 1. The zero-order valence-electron chi connectivity index (χ0n) is 12.7. The highest BCUT2D eigenvalue weighted by atomic mass is 16.2. The first-order chi connectivity index (χ1) is 9.61. The molecule has 2 amide bonds. The van der Waals surface area contributed by atoms with Crippen LogP contribution in [0.15, 0.2) is 11.6 Å². The second kappa shape index (κ2) is 6.91. The molecule has 2 rings (SSSR count). The normalized spacial score (nSPS) is 23.6. The van der Waals surface area contributed by atoms with E-state index in [2.05, 4.69) is 5.32 Å². The standard InChI is InChI=1S/C16H26N2O2/c1-3-5-12(2)16(20)18-9-4-6-14(11-18)15(19)17-10-13-7-8-13/h5,13-14H,3-4,6-11H2,1-2H3,(H,17,19)/b12-5-/t14-/m0/s1. The van der Waals surface area contributed by atoms with Crippen LogP contribution in [0, 0.1) is 11.8 Å². The Labute approximate surface area is 121 Å². The van der Waals surface area contributed by atoms with Crippen LogP contribution in [0.5, 0.6) is 0 Å². The number of piperidine rings is 1. The third-order valence-corrected chi connectivity index (χ3v) is 4.19. The highest BCUT2D eigenvalue weighted by molar-refractivity contribution is 5.93. The van der Waals surface area contributed by atoms with Crippen LogP contribution in [-0.2, 0) is 9.59 Å². The van der Waals surface area contributed by atoms with Crippen molar-refractivity contribution in [2.45, 2.75) is 46.0 Å². The molecule has 0 radical (unpaired) electrons. The van der Waals surface area contributed by atoms with Gasteiger partial charge >= 0.3 is 0 Å². The van der Waals surface area contributed by atoms with Gasteiger partial charge in [0, 0.05) is 25.2 Å². The lowest BCUT2D eigenvalue weighted by Crippen LogP contribution is -2.46. The smallest absolute Gasteiger partial charge is 0.249 e. The Kier molecular flexibility index (Phi) is 5.21. The van der Waals surface area contributed by atoms with Crippen molar-refractivity contribution in [2.75, 3.05) is 19.6 Å². The van der Waals surface area contributed by atoms with Gasteiger partial charge in [0.05, 0.1) is 5.92 Å². The summed E-state index contributed by atoms with van der Waals surface area (Å²) in [5.41, 5.74) is 0.798. The van der Waals surface area contributed by atoms with Crippen molar-refractivity contribution in [1.29, 1.82) is 0 Å². The van der Waals surface area contributed by atoms with Crippen molar-refractivity contribution in [3.8, 4) is 0 Å². The van der Waals surface area contributed by atoms with E-state index < -0.39 is 0 Å². The van der Waals surface area contributed by atoms with Crippen LogP contribution >= 0.6 is 0 Å². The predicted octanol–water partition coefficient (Wildman–Crippen LogP) is 2.11. The first-order valence-electron chi connectivity index (χ1n) is 7.85. The Balaban J connectivity index is 1.85. The van der Waals surface area contributed by atoms with Crippen molar-refractivity contribution in [1.82, 2.24) is 10.2 Å². The molecule has 2 aliphatic rings. The van der Waals surface area contributed by atoms with Crippen molar-refractivity contribution in [3.63, 3.8) is 0 Å². The SMILES string of the molecule is CC/C=C(/C)C(=O)N1CCC[C@H](C(=O)NCC2CC2)C1. The van der Waals surface area contributed by atoms with E-state index in [0.717, 1.165) is 37.9 Å². The van der Waals surface area contributed by atoms with Crippen LogP contribution in [0.4, 0.5) is 0 Å². The minimum absolute atomic E-state index is 0.0270. The summed E-state index contributed by atoms with van der Waals surface area (Å²) < 4.78 is 0. The van der Waals surface area contributed by atoms with Crippen LogP contribution in [0.1, 0.15) is 46.0 Å². The third-order valence-electron chi connectivity index (χ3n) is 4.19. The molecule has 1 saturated carbocycles. The molecular formula is C16H26N2O2. The first kappa shape index (κ1) is 15.1. The van der Waals surface area contributed by atoms with Gasteiger partial charge in [-0.1, -0.05) is 13.0 Å². The maximum atomic E-state index is 12.3. The molecule has 0 aromatic heterocycles. The molecule has 0 bridgehead atoms. The topological polar surface area (TPSA) is 49.4 Å². The van der Waals surface area contributed by atoms with E-state index in [0.29, 0.717) is 12.5 Å². The molecule has 1 atom stereocenters. The summed E-state index contributed by atoms with van der Waals surface area (Å²) in [5, 5.41) is 3.04. The highest BCUT2D eigenvalue weighted by Gasteiger charge is 2.30. The van der Waals surface area contributed by atoms with Crippen LogP contribution in [-0.4, -0.2) is 36.3 Å². The fourth-order valence-electron chi connectivity index (χ4n) is 2.73. The molecule has 1 N–H and O–H groups in total. The second-order valence-corrected chi connectivity index (χ2v) is 6.07. The van der Waals surface area contributed by atoms with Crippen LogP contribution in [0.2, 0.25) is 0 Å². The minimum atomic E-state index is -0.0270. The van der Waals surface area contributed by atoms with Crippen LogP contribution < -0.4 is 5.32 Å². The Morgan fingerprint density at radius 3 is 2.70 bits per heavy atom. The number of rotatable bonds is 5. The number of amides is 2. The summed E-state index contributed by atoms with van der Waals surface area (Å²) in [7, 11) is 0. The number of nitrogens with one attached hydrogen (secondary N) is 1. The number of hydrogen-bond donors (Lipinski definition) is 1. The maximum absolute atomic E-state index is 12.3. The highest BCUT2D eigenvalue weighted by Crippen LogP contribution is 2.28. The van der Waals surface area contributed by atoms with E-state index in [4.69, 9.17) is 0 Å². The lowest BCUT2D eigenvalue weighted by Gasteiger charge is -2.32. The number of hydrogen-bond acceptors (Lipinski definition) is 2. The molecule has 1 aliphatic heterocycles. The maximum Gasteiger partial charge on any atom is 0.249 e. The van der Waals surface area contributed by atoms with Crippen LogP contribution in [0.3, 0.4) is 0 Å². The van der Waals surface area contributed by atoms with Crippen LogP contribution in [0.25, 0.3) is 0 Å². The average molecular weight is 278 g/mol. The monoisotopic (exact) mass is 278 g/mol. The Morgan fingerprint density at radius 1 is 1.30 bits per heavy atom.